The Bertz CT molecular complexity index is 1110. The maximum atomic E-state index is 4.70. The number of hydrogen-bond acceptors (Lipinski definition) is 5. The predicted octanol–water partition coefficient (Wildman–Crippen LogP) is 5.51. The van der Waals surface area contributed by atoms with Crippen LogP contribution in [0, 0.1) is 0 Å². The van der Waals surface area contributed by atoms with Gasteiger partial charge in [-0.15, -0.1) is 0 Å². The van der Waals surface area contributed by atoms with Gasteiger partial charge in [0.1, 0.15) is 0 Å². The van der Waals surface area contributed by atoms with E-state index in [-0.39, 0.29) is 12.1 Å². The molecule has 0 unspecified atom stereocenters. The van der Waals surface area contributed by atoms with Gasteiger partial charge in [-0.3, -0.25) is 0 Å². The quantitative estimate of drug-likeness (QED) is 0.428. The van der Waals surface area contributed by atoms with E-state index in [9.17, 15) is 0 Å². The normalized spacial score (nSPS) is 11.4. The van der Waals surface area contributed by atoms with E-state index in [1.54, 1.807) is 0 Å². The number of fused-ring (bicyclic) bond motifs is 1. The van der Waals surface area contributed by atoms with E-state index in [1.165, 1.54) is 16.7 Å². The lowest BCUT2D eigenvalue weighted by molar-refractivity contribution is 0.612. The summed E-state index contributed by atoms with van der Waals surface area (Å²) in [5.41, 5.74) is 5.24. The molecule has 0 saturated carbocycles. The fraction of sp³-hybridized carbons (Fsp3) is 0.292. The first kappa shape index (κ1) is 19.9. The first-order valence-corrected chi connectivity index (χ1v) is 10.4. The average Bonchev–Trinajstić information content (AvgIpc) is 3.17. The molecule has 0 fully saturated rings. The molecule has 0 aliphatic rings. The Labute approximate surface area is 177 Å². The highest BCUT2D eigenvalue weighted by atomic mass is 15.2. The van der Waals surface area contributed by atoms with E-state index >= 15 is 0 Å². The third-order valence-electron chi connectivity index (χ3n) is 4.92. The molecule has 0 atom stereocenters. The van der Waals surface area contributed by atoms with Crippen LogP contribution in [0.5, 0.6) is 0 Å². The van der Waals surface area contributed by atoms with Crippen LogP contribution in [-0.2, 0) is 6.54 Å². The van der Waals surface area contributed by atoms with E-state index in [4.69, 9.17) is 4.98 Å². The number of imidazole rings is 1. The van der Waals surface area contributed by atoms with Crippen molar-refractivity contribution in [3.05, 3.63) is 66.5 Å². The van der Waals surface area contributed by atoms with Gasteiger partial charge in [-0.25, -0.2) is 4.98 Å². The topological polar surface area (TPSA) is 67.7 Å². The smallest absolute Gasteiger partial charge is 0.226 e. The molecular formula is C24H28N6. The molecule has 6 heteroatoms. The molecule has 6 nitrogen and oxygen atoms in total. The molecule has 0 bridgehead atoms. The van der Waals surface area contributed by atoms with E-state index in [0.29, 0.717) is 12.5 Å². The van der Waals surface area contributed by atoms with Crippen molar-refractivity contribution < 1.29 is 0 Å². The van der Waals surface area contributed by atoms with Gasteiger partial charge in [0.2, 0.25) is 5.95 Å². The first-order valence-electron chi connectivity index (χ1n) is 10.4. The van der Waals surface area contributed by atoms with Crippen LogP contribution < -0.4 is 10.6 Å². The fourth-order valence-electron chi connectivity index (χ4n) is 3.37. The lowest BCUT2D eigenvalue weighted by atomic mass is 10.0. The van der Waals surface area contributed by atoms with Gasteiger partial charge in [-0.2, -0.15) is 9.97 Å². The van der Waals surface area contributed by atoms with Crippen LogP contribution in [0.4, 0.5) is 11.8 Å². The van der Waals surface area contributed by atoms with Crippen molar-refractivity contribution in [3.63, 3.8) is 0 Å². The maximum Gasteiger partial charge on any atom is 0.226 e. The van der Waals surface area contributed by atoms with Crippen LogP contribution in [0.1, 0.15) is 39.3 Å². The summed E-state index contributed by atoms with van der Waals surface area (Å²) in [5, 5.41) is 6.78. The molecule has 2 aromatic heterocycles. The minimum absolute atomic E-state index is 0.247. The Morgan fingerprint density at radius 3 is 2.23 bits per heavy atom. The standard InChI is InChI=1S/C24H28N6/c1-16(2)27-24-28-22(21-23(29-24)30(15-26-21)17(3)4)25-14-18-10-12-20(13-11-18)19-8-6-5-7-9-19/h5-13,15-17H,14H2,1-4H3,(H2,25,27,28,29). The summed E-state index contributed by atoms with van der Waals surface area (Å²) in [7, 11) is 0. The Balaban J connectivity index is 1.58. The molecule has 0 aliphatic heterocycles. The number of rotatable bonds is 7. The minimum Gasteiger partial charge on any atom is -0.364 e. The third kappa shape index (κ3) is 4.27. The Hall–Kier alpha value is -3.41. The highest BCUT2D eigenvalue weighted by Gasteiger charge is 2.15. The molecule has 0 aliphatic carbocycles. The van der Waals surface area contributed by atoms with Crippen LogP contribution in [0.25, 0.3) is 22.3 Å². The van der Waals surface area contributed by atoms with Gasteiger partial charge in [0.25, 0.3) is 0 Å². The zero-order chi connectivity index (χ0) is 21.1. The van der Waals surface area contributed by atoms with Crippen LogP contribution in [0.15, 0.2) is 60.9 Å². The highest BCUT2D eigenvalue weighted by molar-refractivity contribution is 5.84. The summed E-state index contributed by atoms with van der Waals surface area (Å²) < 4.78 is 2.07. The largest absolute Gasteiger partial charge is 0.364 e. The second-order valence-electron chi connectivity index (χ2n) is 8.03. The van der Waals surface area contributed by atoms with Crippen LogP contribution in [0.2, 0.25) is 0 Å². The Morgan fingerprint density at radius 1 is 0.867 bits per heavy atom. The molecule has 2 heterocycles. The minimum atomic E-state index is 0.247. The molecule has 2 N–H and O–H groups in total. The molecule has 0 radical (unpaired) electrons. The van der Waals surface area contributed by atoms with Crippen molar-refractivity contribution in [2.24, 2.45) is 0 Å². The monoisotopic (exact) mass is 400 g/mol. The van der Waals surface area contributed by atoms with Crippen molar-refractivity contribution in [2.45, 2.75) is 46.3 Å². The van der Waals surface area contributed by atoms with Crippen molar-refractivity contribution in [1.29, 1.82) is 0 Å². The van der Waals surface area contributed by atoms with Gasteiger partial charge in [0, 0.05) is 18.6 Å². The number of benzene rings is 2. The van der Waals surface area contributed by atoms with E-state index in [0.717, 1.165) is 17.0 Å². The zero-order valence-corrected chi connectivity index (χ0v) is 17.9. The first-order chi connectivity index (χ1) is 14.5. The summed E-state index contributed by atoms with van der Waals surface area (Å²) in [4.78, 5) is 14.0. The second-order valence-corrected chi connectivity index (χ2v) is 8.03. The number of nitrogens with zero attached hydrogens (tertiary/aromatic N) is 4. The molecule has 0 amide bonds. The molecule has 4 rings (SSSR count). The van der Waals surface area contributed by atoms with E-state index < -0.39 is 0 Å². The van der Waals surface area contributed by atoms with Gasteiger partial charge in [-0.1, -0.05) is 54.6 Å². The van der Waals surface area contributed by atoms with Gasteiger partial charge in [0.05, 0.1) is 6.33 Å². The molecule has 4 aromatic rings. The van der Waals surface area contributed by atoms with E-state index in [1.807, 2.05) is 12.4 Å². The maximum absolute atomic E-state index is 4.70. The molecule has 2 aromatic carbocycles. The van der Waals surface area contributed by atoms with Crippen LogP contribution in [-0.4, -0.2) is 25.6 Å². The molecular weight excluding hydrogens is 372 g/mol. The zero-order valence-electron chi connectivity index (χ0n) is 17.9. The lowest BCUT2D eigenvalue weighted by Crippen LogP contribution is -2.14. The third-order valence-corrected chi connectivity index (χ3v) is 4.92. The van der Waals surface area contributed by atoms with Crippen LogP contribution >= 0.6 is 0 Å². The molecule has 0 spiro atoms. The van der Waals surface area contributed by atoms with Gasteiger partial charge >= 0.3 is 0 Å². The van der Waals surface area contributed by atoms with Crippen molar-refractivity contribution >= 4 is 22.9 Å². The number of nitrogens with one attached hydrogen (secondary N) is 2. The number of hydrogen-bond donors (Lipinski definition) is 2. The highest BCUT2D eigenvalue weighted by Crippen LogP contribution is 2.25. The summed E-state index contributed by atoms with van der Waals surface area (Å²) in [6.07, 6.45) is 1.84. The summed E-state index contributed by atoms with van der Waals surface area (Å²) >= 11 is 0. The lowest BCUT2D eigenvalue weighted by Gasteiger charge is -2.13. The van der Waals surface area contributed by atoms with Gasteiger partial charge in [0.15, 0.2) is 17.0 Å². The van der Waals surface area contributed by atoms with Crippen molar-refractivity contribution in [1.82, 2.24) is 19.5 Å². The Morgan fingerprint density at radius 2 is 1.57 bits per heavy atom. The van der Waals surface area contributed by atoms with Crippen LogP contribution in [0.3, 0.4) is 0 Å². The average molecular weight is 401 g/mol. The van der Waals surface area contributed by atoms with Gasteiger partial charge in [-0.05, 0) is 44.4 Å². The second kappa shape index (κ2) is 8.53. The molecule has 30 heavy (non-hydrogen) atoms. The Kier molecular flexibility index (Phi) is 5.65. The van der Waals surface area contributed by atoms with Gasteiger partial charge < -0.3 is 15.2 Å². The summed E-state index contributed by atoms with van der Waals surface area (Å²) in [5.74, 6) is 1.36. The summed E-state index contributed by atoms with van der Waals surface area (Å²) in [6, 6.07) is 19.5. The number of anilines is 2. The predicted molar refractivity (Wildman–Crippen MR) is 124 cm³/mol. The van der Waals surface area contributed by atoms with Crippen molar-refractivity contribution in [2.75, 3.05) is 10.6 Å². The fourth-order valence-corrected chi connectivity index (χ4v) is 3.37. The van der Waals surface area contributed by atoms with Crippen molar-refractivity contribution in [3.8, 4) is 11.1 Å². The molecule has 0 saturated heterocycles. The molecule has 154 valence electrons. The summed E-state index contributed by atoms with van der Waals surface area (Å²) in [6.45, 7) is 9.07. The SMILES string of the molecule is CC(C)Nc1nc(NCc2ccc(-c3ccccc3)cc2)c2ncn(C(C)C)c2n1. The number of aromatic nitrogens is 4. The van der Waals surface area contributed by atoms with E-state index in [2.05, 4.69) is 101 Å².